The van der Waals surface area contributed by atoms with Gasteiger partial charge in [-0.25, -0.2) is 4.57 Å². The zero-order valence-electron chi connectivity index (χ0n) is 2.29. The Hall–Kier alpha value is 0.0200. The summed E-state index contributed by atoms with van der Waals surface area (Å²) in [5, 5.41) is 7.51. The van der Waals surface area contributed by atoms with Gasteiger partial charge in [-0.2, -0.15) is 0 Å². The molecule has 3 nitrogen and oxygen atoms in total. The Morgan fingerprint density at radius 1 is 2.00 bits per heavy atom. The first-order chi connectivity index (χ1) is 2.41. The largest absolute Gasteiger partial charge is 0.363 e. The van der Waals surface area contributed by atoms with Crippen molar-refractivity contribution in [2.75, 3.05) is 0 Å². The van der Waals surface area contributed by atoms with Gasteiger partial charge in [-0.1, -0.05) is 0 Å². The molecule has 0 atom stereocenters. The second kappa shape index (κ2) is 4.02. The molecule has 0 aliphatic heterocycles. The van der Waals surface area contributed by atoms with Crippen LogP contribution in [0.1, 0.15) is 0 Å². The molecule has 1 radical (unpaired) electrons. The predicted molar refractivity (Wildman–Crippen MR) is 14.9 cm³/mol. The minimum Gasteiger partial charge on any atom is -0.363 e. The van der Waals surface area contributed by atoms with Crippen molar-refractivity contribution in [3.63, 3.8) is 0 Å². The van der Waals surface area contributed by atoms with Crippen molar-refractivity contribution in [3.05, 3.63) is 6.79 Å². The molecule has 5 heavy (non-hydrogen) atoms. The van der Waals surface area contributed by atoms with Gasteiger partial charge in [0.2, 0.25) is 6.79 Å². The number of hydrogen-bond donors (Lipinski definition) is 1. The summed E-state index contributed by atoms with van der Waals surface area (Å²) in [7, 11) is -0.526. The molecule has 0 aromatic carbocycles. The van der Waals surface area contributed by atoms with Crippen LogP contribution in [0.2, 0.25) is 0 Å². The minimum atomic E-state index is -0.526. The lowest BCUT2D eigenvalue weighted by Gasteiger charge is -1.70. The van der Waals surface area contributed by atoms with Gasteiger partial charge in [0.1, 0.15) is 0 Å². The molecule has 0 saturated heterocycles. The molecule has 1 N–H and O–H groups in total. The third-order valence-electron chi connectivity index (χ3n) is 0.0902. The summed E-state index contributed by atoms with van der Waals surface area (Å²) in [6, 6.07) is 0. The maximum absolute atomic E-state index is 9.09. The zero-order chi connectivity index (χ0) is 4.12. The molecule has 0 fully saturated rings. The first kappa shape index (κ1) is 5.02. The maximum Gasteiger partial charge on any atom is 0.330 e. The normalized spacial score (nSPS) is 9.00. The molecule has 0 aromatic rings. The predicted octanol–water partition coefficient (Wildman–Crippen LogP) is 0.701. The Bertz CT molecular complexity index is 28.1. The molecular weight excluding hydrogens is 91.0 g/mol. The van der Waals surface area contributed by atoms with Crippen LogP contribution in [-0.4, -0.2) is 5.11 Å². The van der Waals surface area contributed by atoms with Gasteiger partial charge in [0.05, 0.1) is 0 Å². The third kappa shape index (κ3) is 4.02. The fourth-order valence-electron chi connectivity index (χ4n) is 0.0192. The summed E-state index contributed by atoms with van der Waals surface area (Å²) < 4.78 is 12.8. The third-order valence-corrected chi connectivity index (χ3v) is 0.271. The molecule has 0 aliphatic carbocycles. The molecule has 0 rings (SSSR count). The van der Waals surface area contributed by atoms with Gasteiger partial charge in [-0.05, 0) is 0 Å². The van der Waals surface area contributed by atoms with Gasteiger partial charge in [0.25, 0.3) is 0 Å². The molecule has 0 heterocycles. The van der Waals surface area contributed by atoms with Crippen molar-refractivity contribution in [2.24, 2.45) is 0 Å². The maximum atomic E-state index is 9.09. The van der Waals surface area contributed by atoms with E-state index in [2.05, 4.69) is 4.52 Å². The molecule has 0 spiro atoms. The lowest BCUT2D eigenvalue weighted by molar-refractivity contribution is 0.206. The van der Waals surface area contributed by atoms with Gasteiger partial charge in [-0.3, -0.25) is 4.52 Å². The molecule has 0 bridgehead atoms. The number of aliphatic hydroxyl groups excluding tert-OH is 1. The van der Waals surface area contributed by atoms with Crippen LogP contribution in [0.15, 0.2) is 0 Å². The molecule has 0 amide bonds. The summed E-state index contributed by atoms with van der Waals surface area (Å²) in [6.07, 6.45) is 0. The average Bonchev–Trinajstić information content (AvgIpc) is 1.41. The van der Waals surface area contributed by atoms with Crippen LogP contribution in [0.25, 0.3) is 0 Å². The Kier molecular flexibility index (Phi) is 4.04. The highest BCUT2D eigenvalue weighted by Crippen LogP contribution is 1.91. The van der Waals surface area contributed by atoms with E-state index in [-0.39, 0.29) is 0 Å². The molecule has 0 unspecified atom stereocenters. The van der Waals surface area contributed by atoms with Gasteiger partial charge in [0, 0.05) is 0 Å². The van der Waals surface area contributed by atoms with E-state index in [0.29, 0.717) is 6.79 Å². The Morgan fingerprint density at radius 2 is 2.60 bits per heavy atom. The second-order valence-corrected chi connectivity index (χ2v) is 0.645. The SMILES string of the molecule is O=PO[CH]O. The van der Waals surface area contributed by atoms with Crippen molar-refractivity contribution in [3.8, 4) is 0 Å². The first-order valence-corrected chi connectivity index (χ1v) is 1.59. The lowest BCUT2D eigenvalue weighted by atomic mass is 11.6. The van der Waals surface area contributed by atoms with Gasteiger partial charge < -0.3 is 5.11 Å². The highest BCUT2D eigenvalue weighted by Gasteiger charge is 1.68. The molecule has 29 valence electrons. The summed E-state index contributed by atoms with van der Waals surface area (Å²) in [4.78, 5) is 0. The summed E-state index contributed by atoms with van der Waals surface area (Å²) >= 11 is 0. The van der Waals surface area contributed by atoms with Crippen molar-refractivity contribution in [1.82, 2.24) is 0 Å². The Balaban J connectivity index is 2.40. The average molecular weight is 93.0 g/mol. The smallest absolute Gasteiger partial charge is 0.330 e. The van der Waals surface area contributed by atoms with Crippen LogP contribution in [0.5, 0.6) is 0 Å². The Labute approximate surface area is 30.9 Å². The van der Waals surface area contributed by atoms with Gasteiger partial charge >= 0.3 is 8.69 Å². The molecule has 0 aromatic heterocycles. The van der Waals surface area contributed by atoms with E-state index in [1.54, 1.807) is 0 Å². The van der Waals surface area contributed by atoms with Crippen LogP contribution in [0.3, 0.4) is 0 Å². The lowest BCUT2D eigenvalue weighted by Crippen LogP contribution is -1.61. The van der Waals surface area contributed by atoms with E-state index < -0.39 is 8.69 Å². The Morgan fingerprint density at radius 3 is 2.60 bits per heavy atom. The molecule has 4 heteroatoms. The van der Waals surface area contributed by atoms with E-state index in [1.165, 1.54) is 0 Å². The number of aliphatic hydroxyl groups is 1. The fourth-order valence-corrected chi connectivity index (χ4v) is 0.0577. The van der Waals surface area contributed by atoms with Crippen LogP contribution in [0.4, 0.5) is 0 Å². The summed E-state index contributed by atoms with van der Waals surface area (Å²) in [6.45, 7) is 0.356. The van der Waals surface area contributed by atoms with E-state index >= 15 is 0 Å². The van der Waals surface area contributed by atoms with Crippen molar-refractivity contribution in [1.29, 1.82) is 0 Å². The van der Waals surface area contributed by atoms with Gasteiger partial charge in [0.15, 0.2) is 0 Å². The monoisotopic (exact) mass is 93.0 g/mol. The van der Waals surface area contributed by atoms with Crippen LogP contribution < -0.4 is 0 Å². The van der Waals surface area contributed by atoms with Crippen molar-refractivity contribution < 1.29 is 14.2 Å². The molecule has 0 saturated carbocycles. The summed E-state index contributed by atoms with van der Waals surface area (Å²) in [5.74, 6) is 0. The summed E-state index contributed by atoms with van der Waals surface area (Å²) in [5.41, 5.74) is 0. The van der Waals surface area contributed by atoms with E-state index in [4.69, 9.17) is 9.67 Å². The van der Waals surface area contributed by atoms with Crippen molar-refractivity contribution >= 4 is 8.69 Å². The highest BCUT2D eigenvalue weighted by molar-refractivity contribution is 7.17. The number of hydrogen-bond acceptors (Lipinski definition) is 3. The second-order valence-electron chi connectivity index (χ2n) is 0.285. The fraction of sp³-hybridized carbons (Fsp3) is 0. The van der Waals surface area contributed by atoms with E-state index in [9.17, 15) is 0 Å². The van der Waals surface area contributed by atoms with Gasteiger partial charge in [-0.15, -0.1) is 0 Å². The van der Waals surface area contributed by atoms with E-state index in [1.807, 2.05) is 0 Å². The van der Waals surface area contributed by atoms with Crippen LogP contribution >= 0.6 is 8.69 Å². The van der Waals surface area contributed by atoms with Crippen LogP contribution in [0, 0.1) is 6.79 Å². The number of rotatable bonds is 2. The van der Waals surface area contributed by atoms with Crippen LogP contribution in [-0.2, 0) is 9.09 Å². The zero-order valence-corrected chi connectivity index (χ0v) is 3.18. The standard InChI is InChI=1S/CH2O3P/c2-1-4-5-3/h1-2H. The molecular formula is CH2O3P. The van der Waals surface area contributed by atoms with E-state index in [0.717, 1.165) is 0 Å². The minimum absolute atomic E-state index is 0.356. The topological polar surface area (TPSA) is 46.5 Å². The quantitative estimate of drug-likeness (QED) is 0.511. The highest BCUT2D eigenvalue weighted by atomic mass is 31.1. The van der Waals surface area contributed by atoms with Crippen molar-refractivity contribution in [2.45, 2.75) is 0 Å². The molecule has 0 aliphatic rings. The first-order valence-electron chi connectivity index (χ1n) is 0.859.